The van der Waals surface area contributed by atoms with E-state index < -0.39 is 40.6 Å². The fraction of sp³-hybridized carbons (Fsp3) is 0.600. The third-order valence-corrected chi connectivity index (χ3v) is 7.30. The second kappa shape index (κ2) is 5.23. The molecule has 27 heavy (non-hydrogen) atoms. The van der Waals surface area contributed by atoms with Crippen molar-refractivity contribution in [3.63, 3.8) is 0 Å². The second-order valence-corrected chi connectivity index (χ2v) is 8.41. The zero-order valence-corrected chi connectivity index (χ0v) is 15.1. The van der Waals surface area contributed by atoms with Crippen molar-refractivity contribution >= 4 is 11.9 Å². The highest BCUT2D eigenvalue weighted by Gasteiger charge is 2.79. The van der Waals surface area contributed by atoms with Gasteiger partial charge in [0.15, 0.2) is 0 Å². The molecule has 5 rings (SSSR count). The van der Waals surface area contributed by atoms with Gasteiger partial charge in [-0.15, -0.1) is 0 Å². The van der Waals surface area contributed by atoms with Crippen molar-refractivity contribution in [2.24, 2.45) is 10.8 Å². The molecule has 0 bridgehead atoms. The van der Waals surface area contributed by atoms with Gasteiger partial charge in [0.2, 0.25) is 0 Å². The molecule has 2 aliphatic carbocycles. The Bertz CT molecular complexity index is 852. The predicted octanol–water partition coefficient (Wildman–Crippen LogP) is 1.79. The van der Waals surface area contributed by atoms with Gasteiger partial charge in [-0.2, -0.15) is 0 Å². The molecule has 0 unspecified atom stereocenters. The summed E-state index contributed by atoms with van der Waals surface area (Å²) in [4.78, 5) is 25.5. The summed E-state index contributed by atoms with van der Waals surface area (Å²) in [6.45, 7) is 1.59. The Labute approximate surface area is 155 Å². The molecular weight excluding hydrogens is 352 g/mol. The molecule has 2 saturated heterocycles. The Kier molecular flexibility index (Phi) is 3.30. The van der Waals surface area contributed by atoms with E-state index in [9.17, 15) is 19.8 Å². The van der Waals surface area contributed by atoms with Gasteiger partial charge >= 0.3 is 11.9 Å². The molecule has 0 radical (unpaired) electrons. The number of aliphatic hydroxyl groups is 2. The Balaban J connectivity index is 1.66. The summed E-state index contributed by atoms with van der Waals surface area (Å²) in [5, 5.41) is 22.1. The first-order valence-electron chi connectivity index (χ1n) is 9.37. The van der Waals surface area contributed by atoms with E-state index in [-0.39, 0.29) is 13.0 Å². The first kappa shape index (κ1) is 17.0. The van der Waals surface area contributed by atoms with Crippen LogP contribution < -0.4 is 0 Å². The van der Waals surface area contributed by atoms with E-state index in [0.717, 1.165) is 11.1 Å². The van der Waals surface area contributed by atoms with Gasteiger partial charge < -0.3 is 24.1 Å². The van der Waals surface area contributed by atoms with E-state index in [1.807, 2.05) is 0 Å². The molecule has 4 aliphatic rings. The van der Waals surface area contributed by atoms with Crippen molar-refractivity contribution in [2.45, 2.75) is 56.8 Å². The normalized spacial score (nSPS) is 46.2. The Morgan fingerprint density at radius 3 is 2.85 bits per heavy atom. The SMILES string of the molecule is C[C@]1(O)C[C@@H](O)[C@@]23COC(=O)[C@@]12CCC/C3=C1/C[C@H](c2ccoc2)OC1=O. The minimum Gasteiger partial charge on any atom is -0.472 e. The molecule has 7 nitrogen and oxygen atoms in total. The zero-order valence-electron chi connectivity index (χ0n) is 15.1. The van der Waals surface area contributed by atoms with Crippen LogP contribution in [0.25, 0.3) is 0 Å². The van der Waals surface area contributed by atoms with Crippen LogP contribution in [0.15, 0.2) is 34.2 Å². The maximum Gasteiger partial charge on any atom is 0.334 e. The fourth-order valence-corrected chi connectivity index (χ4v) is 6.13. The largest absolute Gasteiger partial charge is 0.472 e. The summed E-state index contributed by atoms with van der Waals surface area (Å²) < 4.78 is 16.1. The number of furan rings is 1. The van der Waals surface area contributed by atoms with Crippen LogP contribution in [0.5, 0.6) is 0 Å². The van der Waals surface area contributed by atoms with Crippen LogP contribution in [0, 0.1) is 10.8 Å². The number of cyclic esters (lactones) is 2. The van der Waals surface area contributed by atoms with Crippen molar-refractivity contribution in [3.8, 4) is 0 Å². The molecule has 0 aromatic carbocycles. The highest BCUT2D eigenvalue weighted by molar-refractivity contribution is 5.93. The predicted molar refractivity (Wildman–Crippen MR) is 90.1 cm³/mol. The van der Waals surface area contributed by atoms with Crippen LogP contribution in [-0.4, -0.2) is 40.5 Å². The lowest BCUT2D eigenvalue weighted by Gasteiger charge is -2.48. The second-order valence-electron chi connectivity index (χ2n) is 8.41. The highest BCUT2D eigenvalue weighted by atomic mass is 16.6. The molecule has 2 N–H and O–H groups in total. The third-order valence-electron chi connectivity index (χ3n) is 7.30. The maximum atomic E-state index is 12.8. The summed E-state index contributed by atoms with van der Waals surface area (Å²) in [6, 6.07) is 1.76. The van der Waals surface area contributed by atoms with Gasteiger partial charge in [-0.25, -0.2) is 4.79 Å². The molecule has 2 aliphatic heterocycles. The standard InChI is InChI=1S/C20H22O7/c1-18(24)8-15(21)19-10-26-17(23)20(18,19)5-2-3-13(19)12-7-14(27-16(12)22)11-4-6-25-9-11/h4,6,9,14-15,21,24H,2-3,5,7-8,10H2,1H3/b13-12+/t14-,15-,18+,19+,20+/m1/s1. The first-order chi connectivity index (χ1) is 12.8. The summed E-state index contributed by atoms with van der Waals surface area (Å²) in [5.41, 5.74) is -1.67. The molecule has 1 aromatic heterocycles. The van der Waals surface area contributed by atoms with Crippen molar-refractivity contribution in [1.29, 1.82) is 0 Å². The molecule has 7 heteroatoms. The molecule has 2 saturated carbocycles. The summed E-state index contributed by atoms with van der Waals surface area (Å²) in [7, 11) is 0. The minimum absolute atomic E-state index is 0.00829. The minimum atomic E-state index is -1.39. The van der Waals surface area contributed by atoms with E-state index in [1.165, 1.54) is 6.26 Å². The number of hydrogen-bond donors (Lipinski definition) is 2. The van der Waals surface area contributed by atoms with Gasteiger partial charge in [-0.3, -0.25) is 4.79 Å². The molecule has 4 fully saturated rings. The molecule has 0 amide bonds. The number of carbonyl (C=O) groups excluding carboxylic acids is 2. The van der Waals surface area contributed by atoms with Gasteiger partial charge in [0.25, 0.3) is 0 Å². The van der Waals surface area contributed by atoms with Crippen molar-refractivity contribution in [3.05, 3.63) is 35.3 Å². The van der Waals surface area contributed by atoms with Crippen molar-refractivity contribution in [1.82, 2.24) is 0 Å². The molecule has 5 atom stereocenters. The lowest BCUT2D eigenvalue weighted by Crippen LogP contribution is -2.56. The van der Waals surface area contributed by atoms with E-state index in [4.69, 9.17) is 13.9 Å². The number of rotatable bonds is 1. The van der Waals surface area contributed by atoms with Crippen molar-refractivity contribution < 1.29 is 33.7 Å². The number of hydrogen-bond acceptors (Lipinski definition) is 7. The van der Waals surface area contributed by atoms with Gasteiger partial charge in [0, 0.05) is 24.0 Å². The van der Waals surface area contributed by atoms with E-state index in [2.05, 4.69) is 0 Å². The van der Waals surface area contributed by atoms with Crippen LogP contribution in [-0.2, 0) is 19.1 Å². The molecule has 0 spiro atoms. The summed E-state index contributed by atoms with van der Waals surface area (Å²) in [6.07, 6.45) is 3.77. The summed E-state index contributed by atoms with van der Waals surface area (Å²) >= 11 is 0. The van der Waals surface area contributed by atoms with Crippen molar-refractivity contribution in [2.75, 3.05) is 6.61 Å². The van der Waals surface area contributed by atoms with Crippen LogP contribution in [0.3, 0.4) is 0 Å². The molecular formula is C20H22O7. The van der Waals surface area contributed by atoms with E-state index in [0.29, 0.717) is 31.3 Å². The van der Waals surface area contributed by atoms with Gasteiger partial charge in [-0.05, 0) is 37.8 Å². The Hall–Kier alpha value is -2.12. The van der Waals surface area contributed by atoms with E-state index in [1.54, 1.807) is 19.3 Å². The Morgan fingerprint density at radius 2 is 2.11 bits per heavy atom. The number of carbonyl (C=O) groups is 2. The average molecular weight is 374 g/mol. The third kappa shape index (κ3) is 1.84. The number of ether oxygens (including phenoxy) is 2. The summed E-state index contributed by atoms with van der Waals surface area (Å²) in [5.74, 6) is -0.904. The maximum absolute atomic E-state index is 12.8. The highest BCUT2D eigenvalue weighted by Crippen LogP contribution is 2.71. The lowest BCUT2D eigenvalue weighted by molar-refractivity contribution is -0.162. The Morgan fingerprint density at radius 1 is 1.30 bits per heavy atom. The number of aliphatic hydroxyl groups excluding tert-OH is 1. The van der Waals surface area contributed by atoms with E-state index >= 15 is 0 Å². The van der Waals surface area contributed by atoms with Gasteiger partial charge in [-0.1, -0.05) is 0 Å². The van der Waals surface area contributed by atoms with Crippen LogP contribution in [0.1, 0.15) is 50.7 Å². The van der Waals surface area contributed by atoms with Crippen LogP contribution in [0.2, 0.25) is 0 Å². The monoisotopic (exact) mass is 374 g/mol. The average Bonchev–Trinajstić information content (AvgIpc) is 3.35. The van der Waals surface area contributed by atoms with Gasteiger partial charge in [0.1, 0.15) is 18.1 Å². The fourth-order valence-electron chi connectivity index (χ4n) is 6.13. The topological polar surface area (TPSA) is 106 Å². The molecule has 3 heterocycles. The van der Waals surface area contributed by atoms with Gasteiger partial charge in [0.05, 0.1) is 29.6 Å². The van der Waals surface area contributed by atoms with Crippen LogP contribution in [0.4, 0.5) is 0 Å². The van der Waals surface area contributed by atoms with Crippen LogP contribution >= 0.6 is 0 Å². The molecule has 1 aromatic rings. The number of esters is 2. The quantitative estimate of drug-likeness (QED) is 0.570. The molecule has 144 valence electrons. The first-order valence-corrected chi connectivity index (χ1v) is 9.37. The smallest absolute Gasteiger partial charge is 0.334 e. The lowest BCUT2D eigenvalue weighted by atomic mass is 9.52. The zero-order chi connectivity index (χ0) is 19.0.